The van der Waals surface area contributed by atoms with Gasteiger partial charge in [0.15, 0.2) is 0 Å². The molecule has 6 heteroatoms. The van der Waals surface area contributed by atoms with Crippen molar-refractivity contribution in [2.75, 3.05) is 6.26 Å². The van der Waals surface area contributed by atoms with E-state index in [2.05, 4.69) is 27.1 Å². The number of rotatable bonds is 5. The fourth-order valence-corrected chi connectivity index (χ4v) is 3.72. The van der Waals surface area contributed by atoms with Gasteiger partial charge in [0, 0.05) is 24.0 Å². The van der Waals surface area contributed by atoms with Crippen molar-refractivity contribution in [3.8, 4) is 11.3 Å². The first kappa shape index (κ1) is 15.9. The SMILES string of the molecule is CS[C@@H]1CC[C@@H](NC(=O)NCc2ccc(-c3ccn[nH]3)cc2)C1. The molecule has 5 nitrogen and oxygen atoms in total. The molecular weight excluding hydrogens is 308 g/mol. The van der Waals surface area contributed by atoms with Gasteiger partial charge < -0.3 is 10.6 Å². The second kappa shape index (κ2) is 7.55. The average Bonchev–Trinajstić information content (AvgIpc) is 3.25. The number of hydrogen-bond donors (Lipinski definition) is 3. The number of nitrogens with one attached hydrogen (secondary N) is 3. The number of benzene rings is 1. The molecule has 2 atom stereocenters. The van der Waals surface area contributed by atoms with Crippen LogP contribution in [0.15, 0.2) is 36.5 Å². The molecule has 122 valence electrons. The standard InChI is InChI=1S/C17H22N4OS/c1-23-15-7-6-14(10-15)20-17(22)18-11-12-2-4-13(5-3-12)16-8-9-19-21-16/h2-5,8-9,14-15H,6-7,10-11H2,1H3,(H,19,21)(H2,18,20,22)/t14-,15-/m1/s1. The minimum Gasteiger partial charge on any atom is -0.335 e. The molecule has 2 amide bonds. The van der Waals surface area contributed by atoms with Crippen LogP contribution in [0.25, 0.3) is 11.3 Å². The lowest BCUT2D eigenvalue weighted by atomic mass is 10.1. The molecule has 0 radical (unpaired) electrons. The summed E-state index contributed by atoms with van der Waals surface area (Å²) in [4.78, 5) is 12.0. The number of amides is 2. The summed E-state index contributed by atoms with van der Waals surface area (Å²) in [5.41, 5.74) is 3.16. The van der Waals surface area contributed by atoms with Crippen LogP contribution in [-0.4, -0.2) is 33.8 Å². The van der Waals surface area contributed by atoms with Gasteiger partial charge in [0.05, 0.1) is 5.69 Å². The number of nitrogens with zero attached hydrogens (tertiary/aromatic N) is 1. The maximum Gasteiger partial charge on any atom is 0.315 e. The van der Waals surface area contributed by atoms with Gasteiger partial charge in [0.2, 0.25) is 0 Å². The normalized spacial score (nSPS) is 20.4. The molecule has 0 unspecified atom stereocenters. The van der Waals surface area contributed by atoms with Crippen molar-refractivity contribution < 1.29 is 4.79 Å². The highest BCUT2D eigenvalue weighted by atomic mass is 32.2. The van der Waals surface area contributed by atoms with Crippen LogP contribution in [0.2, 0.25) is 0 Å². The first-order chi connectivity index (χ1) is 11.2. The summed E-state index contributed by atoms with van der Waals surface area (Å²) in [7, 11) is 0. The van der Waals surface area contributed by atoms with Crippen molar-refractivity contribution >= 4 is 17.8 Å². The van der Waals surface area contributed by atoms with E-state index in [1.54, 1.807) is 6.20 Å². The maximum absolute atomic E-state index is 12.0. The lowest BCUT2D eigenvalue weighted by molar-refractivity contribution is 0.236. The Kier molecular flexibility index (Phi) is 5.23. The fourth-order valence-electron chi connectivity index (χ4n) is 2.92. The Hall–Kier alpha value is -1.95. The second-order valence-electron chi connectivity index (χ2n) is 5.86. The number of carbonyl (C=O) groups excluding carboxylic acids is 1. The Morgan fingerprint density at radius 3 is 2.78 bits per heavy atom. The number of thioether (sulfide) groups is 1. The van der Waals surface area contributed by atoms with Crippen molar-refractivity contribution in [1.82, 2.24) is 20.8 Å². The molecule has 2 aromatic rings. The van der Waals surface area contributed by atoms with Crippen molar-refractivity contribution in [2.24, 2.45) is 0 Å². The number of carbonyl (C=O) groups is 1. The van der Waals surface area contributed by atoms with Crippen LogP contribution in [0.1, 0.15) is 24.8 Å². The number of aromatic nitrogens is 2. The van der Waals surface area contributed by atoms with Gasteiger partial charge in [-0.1, -0.05) is 24.3 Å². The number of hydrogen-bond acceptors (Lipinski definition) is 3. The predicted octanol–water partition coefficient (Wildman–Crippen LogP) is 3.16. The van der Waals surface area contributed by atoms with Gasteiger partial charge >= 0.3 is 6.03 Å². The zero-order valence-corrected chi connectivity index (χ0v) is 14.0. The van der Waals surface area contributed by atoms with Crippen LogP contribution in [0, 0.1) is 0 Å². The highest BCUT2D eigenvalue weighted by Gasteiger charge is 2.24. The van der Waals surface area contributed by atoms with Gasteiger partial charge in [0.25, 0.3) is 0 Å². The lowest BCUT2D eigenvalue weighted by Gasteiger charge is -2.14. The molecule has 0 spiro atoms. The Labute approximate surface area is 140 Å². The van der Waals surface area contributed by atoms with Crippen LogP contribution in [0.3, 0.4) is 0 Å². The van der Waals surface area contributed by atoms with Crippen molar-refractivity contribution in [2.45, 2.75) is 37.1 Å². The predicted molar refractivity (Wildman–Crippen MR) is 94.3 cm³/mol. The van der Waals surface area contributed by atoms with E-state index in [1.807, 2.05) is 42.1 Å². The van der Waals surface area contributed by atoms with Gasteiger partial charge in [-0.25, -0.2) is 4.79 Å². The monoisotopic (exact) mass is 330 g/mol. The third-order valence-electron chi connectivity index (χ3n) is 4.27. The van der Waals surface area contributed by atoms with Crippen LogP contribution in [-0.2, 0) is 6.54 Å². The maximum atomic E-state index is 12.0. The quantitative estimate of drug-likeness (QED) is 0.789. The van der Waals surface area contributed by atoms with Gasteiger partial charge in [-0.2, -0.15) is 16.9 Å². The van der Waals surface area contributed by atoms with Crippen LogP contribution >= 0.6 is 11.8 Å². The number of H-pyrrole nitrogens is 1. The fraction of sp³-hybridized carbons (Fsp3) is 0.412. The summed E-state index contributed by atoms with van der Waals surface area (Å²) in [6.07, 6.45) is 7.23. The van der Waals surface area contributed by atoms with E-state index < -0.39 is 0 Å². The number of aromatic amines is 1. The third-order valence-corrected chi connectivity index (χ3v) is 5.37. The zero-order chi connectivity index (χ0) is 16.1. The Balaban J connectivity index is 1.46. The summed E-state index contributed by atoms with van der Waals surface area (Å²) in [6.45, 7) is 0.535. The van der Waals surface area contributed by atoms with Gasteiger partial charge in [-0.15, -0.1) is 0 Å². The minimum atomic E-state index is -0.0746. The minimum absolute atomic E-state index is 0.0746. The van der Waals surface area contributed by atoms with E-state index in [0.717, 1.165) is 29.7 Å². The first-order valence-corrected chi connectivity index (χ1v) is 9.19. The second-order valence-corrected chi connectivity index (χ2v) is 7.00. The molecule has 1 aliphatic carbocycles. The van der Waals surface area contributed by atoms with E-state index in [-0.39, 0.29) is 6.03 Å². The molecule has 1 aliphatic rings. The van der Waals surface area contributed by atoms with E-state index in [9.17, 15) is 4.79 Å². The van der Waals surface area contributed by atoms with Gasteiger partial charge in [0.1, 0.15) is 0 Å². The molecule has 1 heterocycles. The van der Waals surface area contributed by atoms with E-state index >= 15 is 0 Å². The summed E-state index contributed by atoms with van der Waals surface area (Å²) >= 11 is 1.89. The number of urea groups is 1. The molecule has 23 heavy (non-hydrogen) atoms. The summed E-state index contributed by atoms with van der Waals surface area (Å²) < 4.78 is 0. The molecule has 0 aliphatic heterocycles. The molecule has 1 fully saturated rings. The topological polar surface area (TPSA) is 69.8 Å². The van der Waals surface area contributed by atoms with E-state index in [0.29, 0.717) is 17.8 Å². The van der Waals surface area contributed by atoms with Crippen molar-refractivity contribution in [1.29, 1.82) is 0 Å². The molecule has 3 N–H and O–H groups in total. The third kappa shape index (κ3) is 4.28. The molecule has 1 aromatic heterocycles. The molecule has 1 saturated carbocycles. The van der Waals surface area contributed by atoms with Gasteiger partial charge in [-0.3, -0.25) is 5.10 Å². The van der Waals surface area contributed by atoms with E-state index in [4.69, 9.17) is 0 Å². The lowest BCUT2D eigenvalue weighted by Crippen LogP contribution is -2.40. The summed E-state index contributed by atoms with van der Waals surface area (Å²) in [5.74, 6) is 0. The molecule has 1 aromatic carbocycles. The molecule has 3 rings (SSSR count). The smallest absolute Gasteiger partial charge is 0.315 e. The first-order valence-electron chi connectivity index (χ1n) is 7.90. The van der Waals surface area contributed by atoms with Crippen LogP contribution in [0.4, 0.5) is 4.79 Å². The molecule has 0 bridgehead atoms. The Morgan fingerprint density at radius 2 is 2.13 bits per heavy atom. The highest BCUT2D eigenvalue weighted by molar-refractivity contribution is 7.99. The summed E-state index contributed by atoms with van der Waals surface area (Å²) in [6, 6.07) is 10.3. The van der Waals surface area contributed by atoms with Crippen LogP contribution < -0.4 is 10.6 Å². The van der Waals surface area contributed by atoms with Crippen molar-refractivity contribution in [3.05, 3.63) is 42.1 Å². The van der Waals surface area contributed by atoms with E-state index in [1.165, 1.54) is 6.42 Å². The van der Waals surface area contributed by atoms with Crippen molar-refractivity contribution in [3.63, 3.8) is 0 Å². The molecular formula is C17H22N4OS. The average molecular weight is 330 g/mol. The summed E-state index contributed by atoms with van der Waals surface area (Å²) in [5, 5.41) is 13.6. The van der Waals surface area contributed by atoms with Gasteiger partial charge in [-0.05, 0) is 42.7 Å². The Bertz CT molecular complexity index is 627. The largest absolute Gasteiger partial charge is 0.335 e. The van der Waals surface area contributed by atoms with Crippen LogP contribution in [0.5, 0.6) is 0 Å². The Morgan fingerprint density at radius 1 is 1.30 bits per heavy atom. The highest BCUT2D eigenvalue weighted by Crippen LogP contribution is 2.28. The molecule has 0 saturated heterocycles. The zero-order valence-electron chi connectivity index (χ0n) is 13.2.